The Morgan fingerprint density at radius 3 is 2.57 bits per heavy atom. The van der Waals surface area contributed by atoms with Crippen LogP contribution in [-0.2, 0) is 14.8 Å². The number of amides is 1. The number of nitrogens with zero attached hydrogens (tertiary/aromatic N) is 1. The monoisotopic (exact) mass is 335 g/mol. The molecule has 23 heavy (non-hydrogen) atoms. The van der Waals surface area contributed by atoms with Crippen molar-refractivity contribution in [1.82, 2.24) is 9.71 Å². The number of benzene rings is 1. The molecule has 0 aliphatic rings. The molecule has 7 nitrogen and oxygen atoms in total. The highest BCUT2D eigenvalue weighted by Crippen LogP contribution is 2.15. The second kappa shape index (κ2) is 7.70. The standard InChI is InChI=1S/C15H17N3O4S/c1-22-13-4-6-14(7-5-13)23(20,21)17-10-8-15(19)18-12-3-2-9-16-11-12/h2-7,9,11,17H,8,10H2,1H3,(H,18,19). The summed E-state index contributed by atoms with van der Waals surface area (Å²) in [6.07, 6.45) is 3.13. The molecule has 2 aromatic rings. The van der Waals surface area contributed by atoms with E-state index in [0.29, 0.717) is 11.4 Å². The summed E-state index contributed by atoms with van der Waals surface area (Å²) in [7, 11) is -2.15. The number of methoxy groups -OCH3 is 1. The van der Waals surface area contributed by atoms with Crippen LogP contribution in [-0.4, -0.2) is 33.0 Å². The van der Waals surface area contributed by atoms with Crippen LogP contribution in [0, 0.1) is 0 Å². The first kappa shape index (κ1) is 16.9. The Balaban J connectivity index is 1.85. The molecule has 0 spiro atoms. The number of pyridine rings is 1. The van der Waals surface area contributed by atoms with Crippen molar-refractivity contribution in [2.75, 3.05) is 19.0 Å². The Labute approximate surface area is 134 Å². The van der Waals surface area contributed by atoms with E-state index in [2.05, 4.69) is 15.0 Å². The van der Waals surface area contributed by atoms with Crippen molar-refractivity contribution in [3.8, 4) is 5.75 Å². The molecular formula is C15H17N3O4S. The van der Waals surface area contributed by atoms with Crippen LogP contribution in [0.3, 0.4) is 0 Å². The van der Waals surface area contributed by atoms with E-state index in [1.165, 1.54) is 25.4 Å². The number of carbonyl (C=O) groups excluding carboxylic acids is 1. The molecule has 1 aromatic carbocycles. The number of aromatic nitrogens is 1. The predicted molar refractivity (Wildman–Crippen MR) is 85.7 cm³/mol. The molecule has 0 aliphatic carbocycles. The van der Waals surface area contributed by atoms with E-state index in [0.717, 1.165) is 0 Å². The van der Waals surface area contributed by atoms with Gasteiger partial charge in [0.1, 0.15) is 5.75 Å². The second-order valence-electron chi connectivity index (χ2n) is 4.61. The minimum Gasteiger partial charge on any atom is -0.497 e. The van der Waals surface area contributed by atoms with Crippen LogP contribution in [0.5, 0.6) is 5.75 Å². The summed E-state index contributed by atoms with van der Waals surface area (Å²) in [5.41, 5.74) is 0.565. The molecular weight excluding hydrogens is 318 g/mol. The van der Waals surface area contributed by atoms with E-state index in [-0.39, 0.29) is 23.8 Å². The molecule has 8 heteroatoms. The van der Waals surface area contributed by atoms with E-state index >= 15 is 0 Å². The molecule has 0 radical (unpaired) electrons. The third kappa shape index (κ3) is 5.04. The third-order valence-corrected chi connectivity index (χ3v) is 4.44. The summed E-state index contributed by atoms with van der Waals surface area (Å²) in [6.45, 7) is 0.000454. The van der Waals surface area contributed by atoms with Gasteiger partial charge in [0, 0.05) is 19.2 Å². The fourth-order valence-corrected chi connectivity index (χ4v) is 2.83. The van der Waals surface area contributed by atoms with Crippen molar-refractivity contribution in [2.24, 2.45) is 0 Å². The summed E-state index contributed by atoms with van der Waals surface area (Å²) in [4.78, 5) is 15.7. The van der Waals surface area contributed by atoms with Crippen molar-refractivity contribution in [2.45, 2.75) is 11.3 Å². The van der Waals surface area contributed by atoms with Crippen molar-refractivity contribution in [3.05, 3.63) is 48.8 Å². The SMILES string of the molecule is COc1ccc(S(=O)(=O)NCCC(=O)Nc2cccnc2)cc1. The molecule has 122 valence electrons. The first-order valence-corrected chi connectivity index (χ1v) is 8.33. The second-order valence-corrected chi connectivity index (χ2v) is 6.38. The molecule has 0 saturated heterocycles. The van der Waals surface area contributed by atoms with Gasteiger partial charge in [-0.1, -0.05) is 0 Å². The zero-order valence-electron chi connectivity index (χ0n) is 12.5. The number of carbonyl (C=O) groups is 1. The van der Waals surface area contributed by atoms with Crippen LogP contribution in [0.15, 0.2) is 53.7 Å². The van der Waals surface area contributed by atoms with Crippen LogP contribution in [0.2, 0.25) is 0 Å². The Bertz CT molecular complexity index is 746. The van der Waals surface area contributed by atoms with Crippen molar-refractivity contribution in [3.63, 3.8) is 0 Å². The lowest BCUT2D eigenvalue weighted by Crippen LogP contribution is -2.27. The number of hydrogen-bond acceptors (Lipinski definition) is 5. The van der Waals surface area contributed by atoms with E-state index < -0.39 is 10.0 Å². The maximum absolute atomic E-state index is 12.1. The number of hydrogen-bond donors (Lipinski definition) is 2. The van der Waals surface area contributed by atoms with Crippen molar-refractivity contribution < 1.29 is 17.9 Å². The highest BCUT2D eigenvalue weighted by Gasteiger charge is 2.14. The predicted octanol–water partition coefficient (Wildman–Crippen LogP) is 1.40. The Hall–Kier alpha value is -2.45. The molecule has 0 bridgehead atoms. The topological polar surface area (TPSA) is 97.4 Å². The number of ether oxygens (including phenoxy) is 1. The lowest BCUT2D eigenvalue weighted by molar-refractivity contribution is -0.116. The van der Waals surface area contributed by atoms with Gasteiger partial charge in [0.2, 0.25) is 15.9 Å². The molecule has 0 saturated carbocycles. The van der Waals surface area contributed by atoms with Gasteiger partial charge in [-0.3, -0.25) is 9.78 Å². The Kier molecular flexibility index (Phi) is 5.67. The first-order chi connectivity index (χ1) is 11.0. The largest absolute Gasteiger partial charge is 0.497 e. The number of rotatable bonds is 7. The summed E-state index contributed by atoms with van der Waals surface area (Å²) < 4.78 is 31.5. The van der Waals surface area contributed by atoms with Gasteiger partial charge in [-0.25, -0.2) is 13.1 Å². The summed E-state index contributed by atoms with van der Waals surface area (Å²) in [5, 5.41) is 2.63. The van der Waals surface area contributed by atoms with Gasteiger partial charge in [-0.2, -0.15) is 0 Å². The molecule has 0 aliphatic heterocycles. The average molecular weight is 335 g/mol. The first-order valence-electron chi connectivity index (χ1n) is 6.85. The van der Waals surface area contributed by atoms with E-state index in [1.54, 1.807) is 30.5 Å². The molecule has 1 amide bonds. The van der Waals surface area contributed by atoms with Crippen LogP contribution >= 0.6 is 0 Å². The highest BCUT2D eigenvalue weighted by molar-refractivity contribution is 7.89. The van der Waals surface area contributed by atoms with Gasteiger partial charge >= 0.3 is 0 Å². The van der Waals surface area contributed by atoms with E-state index in [4.69, 9.17) is 4.74 Å². The van der Waals surface area contributed by atoms with Gasteiger partial charge in [-0.15, -0.1) is 0 Å². The normalized spacial score (nSPS) is 11.0. The van der Waals surface area contributed by atoms with Crippen LogP contribution in [0.25, 0.3) is 0 Å². The van der Waals surface area contributed by atoms with Gasteiger partial charge in [0.25, 0.3) is 0 Å². The minimum absolute atomic E-state index is 0.000454. The zero-order valence-corrected chi connectivity index (χ0v) is 13.3. The van der Waals surface area contributed by atoms with Gasteiger partial charge in [0.15, 0.2) is 0 Å². The summed E-state index contributed by atoms with van der Waals surface area (Å²) in [6, 6.07) is 9.40. The fourth-order valence-electron chi connectivity index (χ4n) is 1.80. The van der Waals surface area contributed by atoms with Gasteiger partial charge in [0.05, 0.1) is 23.9 Å². The summed E-state index contributed by atoms with van der Waals surface area (Å²) >= 11 is 0. The maximum Gasteiger partial charge on any atom is 0.240 e. The molecule has 2 N–H and O–H groups in total. The molecule has 1 heterocycles. The quantitative estimate of drug-likeness (QED) is 0.797. The zero-order chi connectivity index (χ0) is 16.7. The Morgan fingerprint density at radius 2 is 1.96 bits per heavy atom. The van der Waals surface area contributed by atoms with Crippen molar-refractivity contribution in [1.29, 1.82) is 0 Å². The lowest BCUT2D eigenvalue weighted by Gasteiger charge is -2.08. The number of anilines is 1. The Morgan fingerprint density at radius 1 is 1.22 bits per heavy atom. The summed E-state index contributed by atoms with van der Waals surface area (Å²) in [5.74, 6) is 0.273. The molecule has 0 fully saturated rings. The molecule has 2 rings (SSSR count). The van der Waals surface area contributed by atoms with Gasteiger partial charge < -0.3 is 10.1 Å². The van der Waals surface area contributed by atoms with Gasteiger partial charge in [-0.05, 0) is 36.4 Å². The van der Waals surface area contributed by atoms with Crippen LogP contribution in [0.1, 0.15) is 6.42 Å². The maximum atomic E-state index is 12.1. The van der Waals surface area contributed by atoms with Crippen LogP contribution < -0.4 is 14.8 Å². The van der Waals surface area contributed by atoms with E-state index in [1.807, 2.05) is 0 Å². The molecule has 0 atom stereocenters. The number of nitrogens with one attached hydrogen (secondary N) is 2. The lowest BCUT2D eigenvalue weighted by atomic mass is 10.3. The van der Waals surface area contributed by atoms with Crippen LogP contribution in [0.4, 0.5) is 5.69 Å². The third-order valence-electron chi connectivity index (χ3n) is 2.96. The van der Waals surface area contributed by atoms with E-state index in [9.17, 15) is 13.2 Å². The average Bonchev–Trinajstić information content (AvgIpc) is 2.55. The molecule has 1 aromatic heterocycles. The smallest absolute Gasteiger partial charge is 0.240 e. The fraction of sp³-hybridized carbons (Fsp3) is 0.200. The molecule has 0 unspecified atom stereocenters. The highest BCUT2D eigenvalue weighted by atomic mass is 32.2. The number of sulfonamides is 1. The van der Waals surface area contributed by atoms with Crippen molar-refractivity contribution >= 4 is 21.6 Å². The minimum atomic E-state index is -3.65.